The number of hydrogen-bond donors (Lipinski definition) is 3. The molecule has 2 rings (SSSR count). The van der Waals surface area contributed by atoms with E-state index >= 15 is 0 Å². The summed E-state index contributed by atoms with van der Waals surface area (Å²) in [6.45, 7) is 1.47. The van der Waals surface area contributed by atoms with Crippen molar-refractivity contribution >= 4 is 17.9 Å². The molecule has 0 radical (unpaired) electrons. The number of aliphatic carboxylic acids is 1. The first-order chi connectivity index (χ1) is 8.45. The summed E-state index contributed by atoms with van der Waals surface area (Å²) in [5.74, 6) is -1.49. The van der Waals surface area contributed by atoms with Crippen LogP contribution in [0, 0.1) is 0 Å². The summed E-state index contributed by atoms with van der Waals surface area (Å²) >= 11 is 0. The molecular weight excluding hydrogens is 238 g/mol. The van der Waals surface area contributed by atoms with Gasteiger partial charge in [0.05, 0.1) is 6.42 Å². The van der Waals surface area contributed by atoms with Crippen LogP contribution >= 0.6 is 0 Å². The Kier molecular flexibility index (Phi) is 2.82. The smallest absolute Gasteiger partial charge is 0.325 e. The van der Waals surface area contributed by atoms with Crippen LogP contribution in [0.5, 0.6) is 0 Å². The molecule has 3 N–H and O–H groups in total. The van der Waals surface area contributed by atoms with Crippen LogP contribution in [-0.2, 0) is 15.1 Å². The standard InChI is InChI=1S/C11H13N3O4/c1-11(7-2-4-12-6-7)9(17)14(10(18)13-11)5-3-8(15)16/h2,4,6,12H,3,5H2,1H3,(H,13,18)(H,15,16). The molecule has 2 heterocycles. The Morgan fingerprint density at radius 1 is 1.50 bits per heavy atom. The predicted molar refractivity (Wildman–Crippen MR) is 60.6 cm³/mol. The minimum Gasteiger partial charge on any atom is -0.481 e. The van der Waals surface area contributed by atoms with Gasteiger partial charge in [-0.05, 0) is 13.0 Å². The number of aromatic nitrogens is 1. The number of nitrogens with one attached hydrogen (secondary N) is 2. The lowest BCUT2D eigenvalue weighted by Gasteiger charge is -2.20. The number of urea groups is 1. The maximum Gasteiger partial charge on any atom is 0.325 e. The molecule has 0 aliphatic carbocycles. The van der Waals surface area contributed by atoms with Crippen molar-refractivity contribution < 1.29 is 19.5 Å². The lowest BCUT2D eigenvalue weighted by atomic mass is 9.95. The second-order valence-electron chi connectivity index (χ2n) is 4.26. The van der Waals surface area contributed by atoms with Crippen molar-refractivity contribution in [2.75, 3.05) is 6.54 Å². The van der Waals surface area contributed by atoms with Crippen LogP contribution < -0.4 is 5.32 Å². The predicted octanol–water partition coefficient (Wildman–Crippen LogP) is 0.256. The van der Waals surface area contributed by atoms with Crippen molar-refractivity contribution in [3.8, 4) is 0 Å². The third-order valence-electron chi connectivity index (χ3n) is 3.00. The zero-order valence-corrected chi connectivity index (χ0v) is 9.77. The minimum atomic E-state index is -1.13. The van der Waals surface area contributed by atoms with Gasteiger partial charge in [-0.3, -0.25) is 14.5 Å². The van der Waals surface area contributed by atoms with Crippen LogP contribution in [0.25, 0.3) is 0 Å². The fourth-order valence-electron chi connectivity index (χ4n) is 1.94. The number of amides is 3. The number of aromatic amines is 1. The van der Waals surface area contributed by atoms with E-state index in [1.165, 1.54) is 0 Å². The molecule has 0 aromatic carbocycles. The molecule has 1 atom stereocenters. The number of hydrogen-bond acceptors (Lipinski definition) is 3. The summed E-state index contributed by atoms with van der Waals surface area (Å²) in [7, 11) is 0. The quantitative estimate of drug-likeness (QED) is 0.668. The average Bonchev–Trinajstić information content (AvgIpc) is 2.87. The van der Waals surface area contributed by atoms with Gasteiger partial charge in [0, 0.05) is 24.5 Å². The summed E-state index contributed by atoms with van der Waals surface area (Å²) in [5.41, 5.74) is -0.492. The molecule has 0 bridgehead atoms. The second-order valence-corrected chi connectivity index (χ2v) is 4.26. The van der Waals surface area contributed by atoms with Crippen LogP contribution in [-0.4, -0.2) is 39.4 Å². The number of carboxylic acid groups (broad SMARTS) is 1. The Labute approximate surface area is 103 Å². The molecule has 96 valence electrons. The molecule has 7 heteroatoms. The Morgan fingerprint density at radius 3 is 2.78 bits per heavy atom. The van der Waals surface area contributed by atoms with Crippen molar-refractivity contribution in [3.63, 3.8) is 0 Å². The minimum absolute atomic E-state index is 0.125. The van der Waals surface area contributed by atoms with Gasteiger partial charge in [0.25, 0.3) is 5.91 Å². The lowest BCUT2D eigenvalue weighted by Crippen LogP contribution is -2.40. The van der Waals surface area contributed by atoms with Gasteiger partial charge in [-0.1, -0.05) is 0 Å². The van der Waals surface area contributed by atoms with E-state index in [1.807, 2.05) is 0 Å². The number of carbonyl (C=O) groups is 3. The van der Waals surface area contributed by atoms with Gasteiger partial charge in [0.2, 0.25) is 0 Å². The monoisotopic (exact) mass is 251 g/mol. The third-order valence-corrected chi connectivity index (χ3v) is 3.00. The number of imide groups is 1. The van der Waals surface area contributed by atoms with Crippen LogP contribution in [0.2, 0.25) is 0 Å². The number of rotatable bonds is 4. The first-order valence-electron chi connectivity index (χ1n) is 5.44. The molecule has 7 nitrogen and oxygen atoms in total. The van der Waals surface area contributed by atoms with Crippen LogP contribution in [0.1, 0.15) is 18.9 Å². The molecular formula is C11H13N3O4. The molecule has 1 unspecified atom stereocenters. The maximum atomic E-state index is 12.2. The Hall–Kier alpha value is -2.31. The van der Waals surface area contributed by atoms with E-state index in [2.05, 4.69) is 10.3 Å². The van der Waals surface area contributed by atoms with E-state index < -0.39 is 23.4 Å². The van der Waals surface area contributed by atoms with Crippen molar-refractivity contribution in [3.05, 3.63) is 24.0 Å². The molecule has 1 aromatic heterocycles. The van der Waals surface area contributed by atoms with Gasteiger partial charge in [-0.15, -0.1) is 0 Å². The van der Waals surface area contributed by atoms with Gasteiger partial charge in [0.1, 0.15) is 5.54 Å². The Balaban J connectivity index is 2.21. The molecule has 1 fully saturated rings. The van der Waals surface area contributed by atoms with Crippen LogP contribution in [0.4, 0.5) is 4.79 Å². The number of carbonyl (C=O) groups excluding carboxylic acids is 2. The molecule has 3 amide bonds. The second kappa shape index (κ2) is 4.17. The largest absolute Gasteiger partial charge is 0.481 e. The Bertz CT molecular complexity index is 496. The molecule has 0 saturated carbocycles. The first kappa shape index (κ1) is 12.2. The van der Waals surface area contributed by atoms with Crippen molar-refractivity contribution in [1.29, 1.82) is 0 Å². The molecule has 1 saturated heterocycles. The fourth-order valence-corrected chi connectivity index (χ4v) is 1.94. The van der Waals surface area contributed by atoms with E-state index in [0.29, 0.717) is 5.56 Å². The lowest BCUT2D eigenvalue weighted by molar-refractivity contribution is -0.138. The van der Waals surface area contributed by atoms with Gasteiger partial charge < -0.3 is 15.4 Å². The zero-order valence-electron chi connectivity index (χ0n) is 9.77. The average molecular weight is 251 g/mol. The van der Waals surface area contributed by atoms with Crippen LogP contribution in [0.15, 0.2) is 18.5 Å². The summed E-state index contributed by atoms with van der Waals surface area (Å²) < 4.78 is 0. The highest BCUT2D eigenvalue weighted by Gasteiger charge is 2.49. The zero-order chi connectivity index (χ0) is 13.3. The van der Waals surface area contributed by atoms with Crippen molar-refractivity contribution in [2.24, 2.45) is 0 Å². The summed E-state index contributed by atoms with van der Waals surface area (Å²) in [6.07, 6.45) is 3.02. The van der Waals surface area contributed by atoms with E-state index in [4.69, 9.17) is 5.11 Å². The number of carboxylic acids is 1. The SMILES string of the molecule is CC1(c2cc[nH]c2)NC(=O)N(CCC(=O)O)C1=O. The van der Waals surface area contributed by atoms with Crippen molar-refractivity contribution in [1.82, 2.24) is 15.2 Å². The normalized spacial score (nSPS) is 23.3. The molecule has 1 aliphatic heterocycles. The van der Waals surface area contributed by atoms with Gasteiger partial charge in [0.15, 0.2) is 0 Å². The van der Waals surface area contributed by atoms with Gasteiger partial charge in [-0.2, -0.15) is 0 Å². The molecule has 1 aliphatic rings. The van der Waals surface area contributed by atoms with Crippen LogP contribution in [0.3, 0.4) is 0 Å². The highest BCUT2D eigenvalue weighted by Crippen LogP contribution is 2.28. The first-order valence-corrected chi connectivity index (χ1v) is 5.44. The fraction of sp³-hybridized carbons (Fsp3) is 0.364. The van der Waals surface area contributed by atoms with Gasteiger partial charge in [-0.25, -0.2) is 4.79 Å². The molecule has 0 spiro atoms. The van der Waals surface area contributed by atoms with E-state index in [0.717, 1.165) is 4.90 Å². The highest BCUT2D eigenvalue weighted by atomic mass is 16.4. The van der Waals surface area contributed by atoms with E-state index in [1.54, 1.807) is 25.4 Å². The molecule has 1 aromatic rings. The van der Waals surface area contributed by atoms with Crippen molar-refractivity contribution in [2.45, 2.75) is 18.9 Å². The van der Waals surface area contributed by atoms with Gasteiger partial charge >= 0.3 is 12.0 Å². The summed E-state index contributed by atoms with van der Waals surface area (Å²) in [4.78, 5) is 38.1. The molecule has 18 heavy (non-hydrogen) atoms. The third kappa shape index (κ3) is 1.83. The van der Waals surface area contributed by atoms with E-state index in [-0.39, 0.29) is 13.0 Å². The Morgan fingerprint density at radius 2 is 2.22 bits per heavy atom. The van der Waals surface area contributed by atoms with E-state index in [9.17, 15) is 14.4 Å². The maximum absolute atomic E-state index is 12.2. The number of H-pyrrole nitrogens is 1. The topological polar surface area (TPSA) is 102 Å². The summed E-state index contributed by atoms with van der Waals surface area (Å²) in [6, 6.07) is 1.13. The number of nitrogens with zero attached hydrogens (tertiary/aromatic N) is 1. The highest BCUT2D eigenvalue weighted by molar-refractivity contribution is 6.07. The summed E-state index contributed by atoms with van der Waals surface area (Å²) in [5, 5.41) is 11.2.